The van der Waals surface area contributed by atoms with Gasteiger partial charge in [0.1, 0.15) is 5.76 Å². The molecule has 0 aliphatic rings. The van der Waals surface area contributed by atoms with E-state index in [0.717, 1.165) is 25.3 Å². The third kappa shape index (κ3) is 2.73. The highest BCUT2D eigenvalue weighted by molar-refractivity contribution is 5.14. The SMILES string of the molecule is Cc1ccoc1CNCCc1cnn(C)c1. The van der Waals surface area contributed by atoms with Crippen LogP contribution in [0.3, 0.4) is 0 Å². The Morgan fingerprint density at radius 2 is 2.38 bits per heavy atom. The number of nitrogens with zero attached hydrogens (tertiary/aromatic N) is 2. The second-order valence-corrected chi connectivity index (χ2v) is 3.98. The highest BCUT2D eigenvalue weighted by Gasteiger charge is 2.01. The van der Waals surface area contributed by atoms with Gasteiger partial charge in [-0.2, -0.15) is 5.10 Å². The number of rotatable bonds is 5. The van der Waals surface area contributed by atoms with Gasteiger partial charge in [-0.3, -0.25) is 4.68 Å². The summed E-state index contributed by atoms with van der Waals surface area (Å²) >= 11 is 0. The van der Waals surface area contributed by atoms with Gasteiger partial charge in [-0.25, -0.2) is 0 Å². The predicted octanol–water partition coefficient (Wildman–Crippen LogP) is 1.65. The number of aromatic nitrogens is 2. The van der Waals surface area contributed by atoms with Crippen molar-refractivity contribution in [2.75, 3.05) is 6.54 Å². The third-order valence-corrected chi connectivity index (χ3v) is 2.60. The van der Waals surface area contributed by atoms with Crippen LogP contribution in [0.2, 0.25) is 0 Å². The first-order valence-electron chi connectivity index (χ1n) is 5.47. The first-order valence-corrected chi connectivity index (χ1v) is 5.47. The van der Waals surface area contributed by atoms with Crippen LogP contribution >= 0.6 is 0 Å². The van der Waals surface area contributed by atoms with Gasteiger partial charge in [-0.15, -0.1) is 0 Å². The molecule has 0 radical (unpaired) electrons. The summed E-state index contributed by atoms with van der Waals surface area (Å²) in [5, 5.41) is 7.49. The maximum absolute atomic E-state index is 5.34. The number of hydrogen-bond acceptors (Lipinski definition) is 3. The van der Waals surface area contributed by atoms with Crippen molar-refractivity contribution in [3.8, 4) is 0 Å². The summed E-state index contributed by atoms with van der Waals surface area (Å²) in [6.07, 6.45) is 6.67. The van der Waals surface area contributed by atoms with E-state index in [4.69, 9.17) is 4.42 Å². The van der Waals surface area contributed by atoms with E-state index in [9.17, 15) is 0 Å². The largest absolute Gasteiger partial charge is 0.468 e. The molecule has 4 nitrogen and oxygen atoms in total. The minimum absolute atomic E-state index is 0.791. The Labute approximate surface area is 95.3 Å². The zero-order chi connectivity index (χ0) is 11.4. The average molecular weight is 219 g/mol. The molecular weight excluding hydrogens is 202 g/mol. The molecule has 2 aromatic rings. The topological polar surface area (TPSA) is 43.0 Å². The van der Waals surface area contributed by atoms with Crippen LogP contribution in [0, 0.1) is 6.92 Å². The molecule has 4 heteroatoms. The highest BCUT2D eigenvalue weighted by Crippen LogP contribution is 2.07. The van der Waals surface area contributed by atoms with Gasteiger partial charge < -0.3 is 9.73 Å². The van der Waals surface area contributed by atoms with Crippen molar-refractivity contribution >= 4 is 0 Å². The van der Waals surface area contributed by atoms with E-state index in [-0.39, 0.29) is 0 Å². The number of nitrogens with one attached hydrogen (secondary N) is 1. The summed E-state index contributed by atoms with van der Waals surface area (Å²) in [6, 6.07) is 1.98. The Balaban J connectivity index is 1.71. The van der Waals surface area contributed by atoms with Crippen LogP contribution in [0.25, 0.3) is 0 Å². The van der Waals surface area contributed by atoms with Crippen LogP contribution in [0.15, 0.2) is 29.1 Å². The Morgan fingerprint density at radius 3 is 3.00 bits per heavy atom. The minimum Gasteiger partial charge on any atom is -0.468 e. The van der Waals surface area contributed by atoms with Crippen LogP contribution in [0.5, 0.6) is 0 Å². The zero-order valence-corrected chi connectivity index (χ0v) is 9.73. The average Bonchev–Trinajstić information content (AvgIpc) is 2.83. The predicted molar refractivity (Wildman–Crippen MR) is 62.1 cm³/mol. The molecule has 0 spiro atoms. The second-order valence-electron chi connectivity index (χ2n) is 3.98. The van der Waals surface area contributed by atoms with E-state index in [0.29, 0.717) is 0 Å². The van der Waals surface area contributed by atoms with Gasteiger partial charge >= 0.3 is 0 Å². The van der Waals surface area contributed by atoms with E-state index in [2.05, 4.69) is 17.3 Å². The first kappa shape index (κ1) is 11.0. The molecule has 0 saturated carbocycles. The third-order valence-electron chi connectivity index (χ3n) is 2.60. The normalized spacial score (nSPS) is 10.9. The van der Waals surface area contributed by atoms with E-state index in [1.807, 2.05) is 30.2 Å². The van der Waals surface area contributed by atoms with E-state index in [1.165, 1.54) is 11.1 Å². The molecule has 0 fully saturated rings. The highest BCUT2D eigenvalue weighted by atomic mass is 16.3. The molecule has 0 atom stereocenters. The second kappa shape index (κ2) is 4.99. The summed E-state index contributed by atoms with van der Waals surface area (Å²) in [5.74, 6) is 1.02. The van der Waals surface area contributed by atoms with Gasteiger partial charge in [0.05, 0.1) is 19.0 Å². The Hall–Kier alpha value is -1.55. The molecule has 0 amide bonds. The molecule has 86 valence electrons. The molecule has 1 N–H and O–H groups in total. The lowest BCUT2D eigenvalue weighted by molar-refractivity contribution is 0.481. The lowest BCUT2D eigenvalue weighted by atomic mass is 10.2. The van der Waals surface area contributed by atoms with Crippen LogP contribution in [-0.4, -0.2) is 16.3 Å². The Morgan fingerprint density at radius 1 is 1.50 bits per heavy atom. The molecular formula is C12H17N3O. The fraction of sp³-hybridized carbons (Fsp3) is 0.417. The van der Waals surface area contributed by atoms with Crippen molar-refractivity contribution in [3.05, 3.63) is 41.6 Å². The van der Waals surface area contributed by atoms with Gasteiger partial charge in [0.25, 0.3) is 0 Å². The van der Waals surface area contributed by atoms with Crippen molar-refractivity contribution in [1.82, 2.24) is 15.1 Å². The van der Waals surface area contributed by atoms with Crippen molar-refractivity contribution in [2.24, 2.45) is 7.05 Å². The first-order chi connectivity index (χ1) is 7.75. The Kier molecular flexibility index (Phi) is 3.41. The number of aryl methyl sites for hydroxylation is 2. The summed E-state index contributed by atoms with van der Waals surface area (Å²) in [5.41, 5.74) is 2.46. The maximum Gasteiger partial charge on any atom is 0.120 e. The molecule has 0 saturated heterocycles. The number of furan rings is 1. The van der Waals surface area contributed by atoms with E-state index >= 15 is 0 Å². The fourth-order valence-electron chi connectivity index (χ4n) is 1.62. The smallest absolute Gasteiger partial charge is 0.120 e. The molecule has 16 heavy (non-hydrogen) atoms. The lowest BCUT2D eigenvalue weighted by Gasteiger charge is -2.01. The molecule has 0 aliphatic carbocycles. The molecule has 0 aromatic carbocycles. The van der Waals surface area contributed by atoms with Gasteiger partial charge in [0.15, 0.2) is 0 Å². The van der Waals surface area contributed by atoms with Crippen LogP contribution in [0.4, 0.5) is 0 Å². The molecule has 2 aromatic heterocycles. The minimum atomic E-state index is 0.791. The molecule has 0 unspecified atom stereocenters. The van der Waals surface area contributed by atoms with E-state index < -0.39 is 0 Å². The molecule has 0 aliphatic heterocycles. The lowest BCUT2D eigenvalue weighted by Crippen LogP contribution is -2.16. The fourth-order valence-corrected chi connectivity index (χ4v) is 1.62. The molecule has 0 bridgehead atoms. The van der Waals surface area contributed by atoms with Gasteiger partial charge in [-0.1, -0.05) is 0 Å². The van der Waals surface area contributed by atoms with Crippen molar-refractivity contribution < 1.29 is 4.42 Å². The summed E-state index contributed by atoms with van der Waals surface area (Å²) in [4.78, 5) is 0. The monoisotopic (exact) mass is 219 g/mol. The van der Waals surface area contributed by atoms with Crippen molar-refractivity contribution in [3.63, 3.8) is 0 Å². The Bertz CT molecular complexity index is 445. The van der Waals surface area contributed by atoms with Gasteiger partial charge in [0, 0.05) is 13.2 Å². The number of hydrogen-bond donors (Lipinski definition) is 1. The maximum atomic E-state index is 5.34. The van der Waals surface area contributed by atoms with Gasteiger partial charge in [0.2, 0.25) is 0 Å². The summed E-state index contributed by atoms with van der Waals surface area (Å²) in [6.45, 7) is 3.78. The van der Waals surface area contributed by atoms with Crippen LogP contribution in [0.1, 0.15) is 16.9 Å². The van der Waals surface area contributed by atoms with Crippen LogP contribution < -0.4 is 5.32 Å². The van der Waals surface area contributed by atoms with Crippen molar-refractivity contribution in [2.45, 2.75) is 19.9 Å². The van der Waals surface area contributed by atoms with Crippen LogP contribution in [-0.2, 0) is 20.0 Å². The molecule has 2 rings (SSSR count). The summed E-state index contributed by atoms with van der Waals surface area (Å²) < 4.78 is 7.17. The summed E-state index contributed by atoms with van der Waals surface area (Å²) in [7, 11) is 1.93. The quantitative estimate of drug-likeness (QED) is 0.778. The molecule has 2 heterocycles. The van der Waals surface area contributed by atoms with Gasteiger partial charge in [-0.05, 0) is 37.1 Å². The van der Waals surface area contributed by atoms with E-state index in [1.54, 1.807) is 6.26 Å². The standard InChI is InChI=1S/C12H17N3O/c1-10-4-6-16-12(10)8-13-5-3-11-7-14-15(2)9-11/h4,6-7,9,13H,3,5,8H2,1-2H3. The van der Waals surface area contributed by atoms with Crippen molar-refractivity contribution in [1.29, 1.82) is 0 Å². The zero-order valence-electron chi connectivity index (χ0n) is 9.73.